The van der Waals surface area contributed by atoms with E-state index in [-0.39, 0.29) is 17.2 Å². The molecule has 1 aromatic carbocycles. The summed E-state index contributed by atoms with van der Waals surface area (Å²) < 4.78 is 5.43. The third kappa shape index (κ3) is 3.93. The molecule has 0 radical (unpaired) electrons. The van der Waals surface area contributed by atoms with Gasteiger partial charge in [-0.05, 0) is 24.6 Å². The molecule has 122 valence electrons. The van der Waals surface area contributed by atoms with Crippen LogP contribution in [-0.4, -0.2) is 28.4 Å². The summed E-state index contributed by atoms with van der Waals surface area (Å²) in [5.41, 5.74) is 0.933. The van der Waals surface area contributed by atoms with Crippen molar-refractivity contribution in [2.24, 2.45) is 0 Å². The molecule has 0 atom stereocenters. The van der Waals surface area contributed by atoms with Crippen LogP contribution in [0.5, 0.6) is 0 Å². The van der Waals surface area contributed by atoms with Gasteiger partial charge in [0.15, 0.2) is 5.76 Å². The summed E-state index contributed by atoms with van der Waals surface area (Å²) in [7, 11) is 0. The lowest BCUT2D eigenvalue weighted by Gasteiger charge is -2.19. The predicted molar refractivity (Wildman–Crippen MR) is 86.9 cm³/mol. The molecule has 23 heavy (non-hydrogen) atoms. The lowest BCUT2D eigenvalue weighted by Crippen LogP contribution is -2.30. The number of furan rings is 1. The van der Waals surface area contributed by atoms with Gasteiger partial charge in [0, 0.05) is 30.6 Å². The van der Waals surface area contributed by atoms with E-state index >= 15 is 0 Å². The lowest BCUT2D eigenvalue weighted by atomic mass is 10.2. The first kappa shape index (κ1) is 17.1. The van der Waals surface area contributed by atoms with E-state index in [0.717, 1.165) is 5.56 Å². The quantitative estimate of drug-likeness (QED) is 0.870. The number of hydrogen-bond donors (Lipinski definition) is 1. The number of carboxylic acid groups (broad SMARTS) is 1. The summed E-state index contributed by atoms with van der Waals surface area (Å²) in [6.07, 6.45) is 0.412. The van der Waals surface area contributed by atoms with Crippen LogP contribution in [0.3, 0.4) is 0 Å². The van der Waals surface area contributed by atoms with Crippen LogP contribution >= 0.6 is 11.6 Å². The minimum atomic E-state index is -1.09. The van der Waals surface area contributed by atoms with Crippen molar-refractivity contribution in [2.75, 3.05) is 6.54 Å². The fraction of sp³-hybridized carbons (Fsp3) is 0.294. The third-order valence-corrected chi connectivity index (χ3v) is 3.74. The van der Waals surface area contributed by atoms with Gasteiger partial charge in [-0.15, -0.1) is 0 Å². The predicted octanol–water partition coefficient (Wildman–Crippen LogP) is 3.86. The van der Waals surface area contributed by atoms with E-state index in [1.54, 1.807) is 24.0 Å². The number of aryl methyl sites for hydroxylation is 1. The molecule has 0 bridgehead atoms. The Kier molecular flexibility index (Phi) is 5.45. The molecule has 0 saturated carbocycles. The number of halogens is 1. The molecule has 0 spiro atoms. The Balaban J connectivity index is 2.24. The molecule has 0 aliphatic rings. The van der Waals surface area contributed by atoms with Gasteiger partial charge in [-0.25, -0.2) is 4.79 Å². The van der Waals surface area contributed by atoms with E-state index in [4.69, 9.17) is 21.1 Å². The molecular weight excluding hydrogens is 318 g/mol. The van der Waals surface area contributed by atoms with Gasteiger partial charge >= 0.3 is 5.97 Å². The Hall–Kier alpha value is -2.27. The topological polar surface area (TPSA) is 70.8 Å². The summed E-state index contributed by atoms with van der Waals surface area (Å²) in [4.78, 5) is 25.3. The van der Waals surface area contributed by atoms with Crippen molar-refractivity contribution in [3.8, 4) is 0 Å². The Morgan fingerprint density at radius 2 is 2.00 bits per heavy atom. The SMILES string of the molecule is CCc1oc(C(=O)N(CC)Cc2cccc(Cl)c2)cc1C(=O)O. The highest BCUT2D eigenvalue weighted by Crippen LogP contribution is 2.20. The molecular formula is C17H18ClNO4. The summed E-state index contributed by atoms with van der Waals surface area (Å²) in [6.45, 7) is 4.48. The highest BCUT2D eigenvalue weighted by molar-refractivity contribution is 6.30. The van der Waals surface area contributed by atoms with Crippen molar-refractivity contribution in [1.82, 2.24) is 4.90 Å². The van der Waals surface area contributed by atoms with Gasteiger partial charge in [0.2, 0.25) is 0 Å². The molecule has 0 aliphatic heterocycles. The standard InChI is InChI=1S/C17H18ClNO4/c1-3-14-13(17(21)22)9-15(23-14)16(20)19(4-2)10-11-6-5-7-12(18)8-11/h5-9H,3-4,10H2,1-2H3,(H,21,22). The van der Waals surface area contributed by atoms with Gasteiger partial charge in [0.1, 0.15) is 11.3 Å². The minimum absolute atomic E-state index is 0.0367. The maximum atomic E-state index is 12.6. The molecule has 1 amide bonds. The Labute approximate surface area is 139 Å². The second-order valence-electron chi connectivity index (χ2n) is 5.06. The summed E-state index contributed by atoms with van der Waals surface area (Å²) in [5.74, 6) is -1.08. The monoisotopic (exact) mass is 335 g/mol. The van der Waals surface area contributed by atoms with Crippen LogP contribution in [0, 0.1) is 0 Å². The zero-order valence-corrected chi connectivity index (χ0v) is 13.8. The zero-order valence-electron chi connectivity index (χ0n) is 13.0. The van der Waals surface area contributed by atoms with Gasteiger partial charge in [0.05, 0.1) is 0 Å². The number of nitrogens with zero attached hydrogens (tertiary/aromatic N) is 1. The van der Waals surface area contributed by atoms with E-state index in [1.807, 2.05) is 19.1 Å². The molecule has 0 fully saturated rings. The number of carbonyl (C=O) groups is 2. The minimum Gasteiger partial charge on any atom is -0.478 e. The summed E-state index contributed by atoms with van der Waals surface area (Å²) in [5, 5.41) is 9.76. The van der Waals surface area contributed by atoms with Crippen molar-refractivity contribution in [3.05, 3.63) is 58.0 Å². The van der Waals surface area contributed by atoms with Crippen LogP contribution in [0.4, 0.5) is 0 Å². The number of rotatable bonds is 6. The number of benzene rings is 1. The molecule has 1 heterocycles. The maximum absolute atomic E-state index is 12.6. The number of amides is 1. The third-order valence-electron chi connectivity index (χ3n) is 3.50. The van der Waals surface area contributed by atoms with Gasteiger partial charge in [-0.1, -0.05) is 30.7 Å². The van der Waals surface area contributed by atoms with Gasteiger partial charge in [-0.3, -0.25) is 4.79 Å². The van der Waals surface area contributed by atoms with Gasteiger partial charge in [0.25, 0.3) is 5.91 Å². The second kappa shape index (κ2) is 7.33. The van der Waals surface area contributed by atoms with Crippen LogP contribution < -0.4 is 0 Å². The van der Waals surface area contributed by atoms with E-state index in [2.05, 4.69) is 0 Å². The molecule has 0 aliphatic carbocycles. The first-order valence-corrected chi connectivity index (χ1v) is 7.73. The first-order chi connectivity index (χ1) is 11.0. The van der Waals surface area contributed by atoms with E-state index in [9.17, 15) is 9.59 Å². The van der Waals surface area contributed by atoms with E-state index in [0.29, 0.717) is 30.3 Å². The second-order valence-corrected chi connectivity index (χ2v) is 5.49. The highest BCUT2D eigenvalue weighted by Gasteiger charge is 2.23. The number of hydrogen-bond acceptors (Lipinski definition) is 3. The van der Waals surface area contributed by atoms with Gasteiger partial charge < -0.3 is 14.4 Å². The van der Waals surface area contributed by atoms with E-state index in [1.165, 1.54) is 6.07 Å². The highest BCUT2D eigenvalue weighted by atomic mass is 35.5. The average molecular weight is 336 g/mol. The summed E-state index contributed by atoms with van der Waals surface area (Å²) in [6, 6.07) is 8.55. The number of carbonyl (C=O) groups excluding carboxylic acids is 1. The Morgan fingerprint density at radius 1 is 1.26 bits per heavy atom. The van der Waals surface area contributed by atoms with Crippen molar-refractivity contribution in [2.45, 2.75) is 26.8 Å². The normalized spacial score (nSPS) is 10.6. The zero-order chi connectivity index (χ0) is 17.0. The molecule has 2 rings (SSSR count). The molecule has 0 saturated heterocycles. The Bertz CT molecular complexity index is 723. The fourth-order valence-electron chi connectivity index (χ4n) is 2.32. The van der Waals surface area contributed by atoms with Crippen molar-refractivity contribution in [1.29, 1.82) is 0 Å². The molecule has 0 unspecified atom stereocenters. The average Bonchev–Trinajstić information content (AvgIpc) is 2.96. The lowest BCUT2D eigenvalue weighted by molar-refractivity contribution is 0.0690. The van der Waals surface area contributed by atoms with Crippen LogP contribution in [0.15, 0.2) is 34.7 Å². The van der Waals surface area contributed by atoms with Crippen LogP contribution in [-0.2, 0) is 13.0 Å². The molecule has 2 aromatic rings. The van der Waals surface area contributed by atoms with Crippen molar-refractivity contribution >= 4 is 23.5 Å². The number of carboxylic acids is 1. The van der Waals surface area contributed by atoms with Crippen LogP contribution in [0.25, 0.3) is 0 Å². The largest absolute Gasteiger partial charge is 0.478 e. The van der Waals surface area contributed by atoms with Crippen molar-refractivity contribution < 1.29 is 19.1 Å². The molecule has 5 nitrogen and oxygen atoms in total. The maximum Gasteiger partial charge on any atom is 0.339 e. The molecule has 1 N–H and O–H groups in total. The van der Waals surface area contributed by atoms with Gasteiger partial charge in [-0.2, -0.15) is 0 Å². The van der Waals surface area contributed by atoms with Crippen LogP contribution in [0.1, 0.15) is 46.1 Å². The van der Waals surface area contributed by atoms with Crippen molar-refractivity contribution in [3.63, 3.8) is 0 Å². The molecule has 6 heteroatoms. The van der Waals surface area contributed by atoms with E-state index < -0.39 is 5.97 Å². The Morgan fingerprint density at radius 3 is 2.52 bits per heavy atom. The summed E-state index contributed by atoms with van der Waals surface area (Å²) >= 11 is 5.96. The number of aromatic carboxylic acids is 1. The molecule has 1 aromatic heterocycles. The fourth-order valence-corrected chi connectivity index (χ4v) is 2.53. The van der Waals surface area contributed by atoms with Crippen LogP contribution in [0.2, 0.25) is 5.02 Å². The first-order valence-electron chi connectivity index (χ1n) is 7.36. The smallest absolute Gasteiger partial charge is 0.339 e.